The lowest BCUT2D eigenvalue weighted by Gasteiger charge is -2.14. The van der Waals surface area contributed by atoms with Crippen LogP contribution in [0, 0.1) is 5.82 Å². The number of nitrogens with two attached hydrogens (primary N) is 1. The van der Waals surface area contributed by atoms with E-state index in [1.54, 1.807) is 6.92 Å². The van der Waals surface area contributed by atoms with Crippen molar-refractivity contribution in [3.63, 3.8) is 0 Å². The molecule has 0 aliphatic heterocycles. The molecule has 1 atom stereocenters. The molecule has 108 valence electrons. The molecule has 0 aromatic heterocycles. The third kappa shape index (κ3) is 4.54. The molecule has 0 spiro atoms. The Labute approximate surface area is 113 Å². The second kappa shape index (κ2) is 6.95. The monoisotopic (exact) mass is 290 g/mol. The SMILES string of the molecule is CCOC(C)CNS(=O)(=O)c1cc(F)ccc1CN. The standard InChI is InChI=1S/C12H19FN2O3S/c1-3-18-9(2)8-15-19(16,17)12-6-11(13)5-4-10(12)7-14/h4-6,9,15H,3,7-8,14H2,1-2H3. The molecule has 0 fully saturated rings. The number of hydrogen-bond donors (Lipinski definition) is 2. The van der Waals surface area contributed by atoms with Crippen molar-refractivity contribution in [3.05, 3.63) is 29.6 Å². The molecule has 1 unspecified atom stereocenters. The van der Waals surface area contributed by atoms with Gasteiger partial charge in [0.05, 0.1) is 11.0 Å². The molecular weight excluding hydrogens is 271 g/mol. The van der Waals surface area contributed by atoms with Gasteiger partial charge in [-0.1, -0.05) is 6.07 Å². The molecule has 1 aromatic rings. The van der Waals surface area contributed by atoms with E-state index in [0.29, 0.717) is 12.2 Å². The quantitative estimate of drug-likeness (QED) is 0.784. The highest BCUT2D eigenvalue weighted by Gasteiger charge is 2.19. The summed E-state index contributed by atoms with van der Waals surface area (Å²) in [7, 11) is -3.79. The molecule has 1 aromatic carbocycles. The molecule has 0 heterocycles. The molecule has 7 heteroatoms. The van der Waals surface area contributed by atoms with Crippen LogP contribution in [0.1, 0.15) is 19.4 Å². The Morgan fingerprint density at radius 1 is 1.47 bits per heavy atom. The molecule has 5 nitrogen and oxygen atoms in total. The Hall–Kier alpha value is -1.02. The minimum absolute atomic E-state index is 0.0253. The first kappa shape index (κ1) is 16.0. The van der Waals surface area contributed by atoms with Crippen molar-refractivity contribution in [2.45, 2.75) is 31.4 Å². The van der Waals surface area contributed by atoms with Crippen LogP contribution in [0.2, 0.25) is 0 Å². The van der Waals surface area contributed by atoms with Crippen molar-refractivity contribution < 1.29 is 17.5 Å². The van der Waals surface area contributed by atoms with Gasteiger partial charge in [-0.2, -0.15) is 0 Å². The summed E-state index contributed by atoms with van der Waals surface area (Å²) < 4.78 is 45.0. The molecular formula is C12H19FN2O3S. The normalized spacial score (nSPS) is 13.5. The zero-order valence-corrected chi connectivity index (χ0v) is 11.8. The van der Waals surface area contributed by atoms with Crippen LogP contribution in [0.3, 0.4) is 0 Å². The zero-order valence-electron chi connectivity index (χ0n) is 11.0. The second-order valence-corrected chi connectivity index (χ2v) is 5.81. The van der Waals surface area contributed by atoms with Gasteiger partial charge >= 0.3 is 0 Å². The van der Waals surface area contributed by atoms with Gasteiger partial charge in [-0.05, 0) is 31.5 Å². The van der Waals surface area contributed by atoms with Gasteiger partial charge in [0, 0.05) is 19.7 Å². The first-order chi connectivity index (χ1) is 8.90. The predicted octanol–water partition coefficient (Wildman–Crippen LogP) is 0.988. The maximum Gasteiger partial charge on any atom is 0.241 e. The fourth-order valence-corrected chi connectivity index (χ4v) is 2.97. The summed E-state index contributed by atoms with van der Waals surface area (Å²) in [6.45, 7) is 4.22. The number of nitrogens with one attached hydrogen (secondary N) is 1. The van der Waals surface area contributed by atoms with Gasteiger partial charge in [0.15, 0.2) is 0 Å². The van der Waals surface area contributed by atoms with Gasteiger partial charge < -0.3 is 10.5 Å². The molecule has 1 rings (SSSR count). The fourth-order valence-electron chi connectivity index (χ4n) is 1.60. The minimum Gasteiger partial charge on any atom is -0.377 e. The highest BCUT2D eigenvalue weighted by atomic mass is 32.2. The van der Waals surface area contributed by atoms with E-state index in [4.69, 9.17) is 10.5 Å². The summed E-state index contributed by atoms with van der Waals surface area (Å²) in [6.07, 6.45) is -0.255. The van der Waals surface area contributed by atoms with E-state index in [0.717, 1.165) is 6.07 Å². The summed E-state index contributed by atoms with van der Waals surface area (Å²) in [5, 5.41) is 0. The summed E-state index contributed by atoms with van der Waals surface area (Å²) in [4.78, 5) is -0.126. The van der Waals surface area contributed by atoms with E-state index in [2.05, 4.69) is 4.72 Å². The lowest BCUT2D eigenvalue weighted by atomic mass is 10.2. The first-order valence-corrected chi connectivity index (χ1v) is 7.48. The van der Waals surface area contributed by atoms with Crippen molar-refractivity contribution in [1.82, 2.24) is 4.72 Å². The van der Waals surface area contributed by atoms with Crippen LogP contribution in [0.25, 0.3) is 0 Å². The molecule has 0 saturated carbocycles. The third-order valence-electron chi connectivity index (χ3n) is 2.55. The predicted molar refractivity (Wildman–Crippen MR) is 70.6 cm³/mol. The van der Waals surface area contributed by atoms with E-state index in [-0.39, 0.29) is 24.1 Å². The molecule has 0 bridgehead atoms. The van der Waals surface area contributed by atoms with Crippen molar-refractivity contribution in [2.75, 3.05) is 13.2 Å². The summed E-state index contributed by atoms with van der Waals surface area (Å²) in [6, 6.07) is 3.52. The van der Waals surface area contributed by atoms with E-state index in [1.165, 1.54) is 12.1 Å². The lowest BCUT2D eigenvalue weighted by Crippen LogP contribution is -2.33. The van der Waals surface area contributed by atoms with Crippen LogP contribution in [-0.4, -0.2) is 27.7 Å². The maximum atomic E-state index is 13.2. The van der Waals surface area contributed by atoms with Gasteiger partial charge in [0.25, 0.3) is 0 Å². The lowest BCUT2D eigenvalue weighted by molar-refractivity contribution is 0.0799. The topological polar surface area (TPSA) is 81.4 Å². The van der Waals surface area contributed by atoms with E-state index in [1.807, 2.05) is 6.92 Å². The third-order valence-corrected chi connectivity index (χ3v) is 4.06. The van der Waals surface area contributed by atoms with E-state index < -0.39 is 15.8 Å². The van der Waals surface area contributed by atoms with Crippen LogP contribution in [0.4, 0.5) is 4.39 Å². The van der Waals surface area contributed by atoms with Crippen LogP contribution in [-0.2, 0) is 21.3 Å². The smallest absolute Gasteiger partial charge is 0.241 e. The number of benzene rings is 1. The van der Waals surface area contributed by atoms with E-state index in [9.17, 15) is 12.8 Å². The number of sulfonamides is 1. The highest BCUT2D eigenvalue weighted by Crippen LogP contribution is 2.16. The zero-order chi connectivity index (χ0) is 14.5. The molecule has 19 heavy (non-hydrogen) atoms. The Kier molecular flexibility index (Phi) is 5.86. The average molecular weight is 290 g/mol. The van der Waals surface area contributed by atoms with Crippen LogP contribution >= 0.6 is 0 Å². The molecule has 0 aliphatic carbocycles. The Morgan fingerprint density at radius 3 is 2.74 bits per heavy atom. The van der Waals surface area contributed by atoms with Crippen LogP contribution < -0.4 is 10.5 Å². The number of halogens is 1. The summed E-state index contributed by atoms with van der Waals surface area (Å²) in [5.41, 5.74) is 5.83. The maximum absolute atomic E-state index is 13.2. The minimum atomic E-state index is -3.79. The molecule has 0 aliphatic rings. The second-order valence-electron chi connectivity index (χ2n) is 4.07. The molecule has 0 saturated heterocycles. The summed E-state index contributed by atoms with van der Waals surface area (Å²) in [5.74, 6) is -0.615. The van der Waals surface area contributed by atoms with Gasteiger partial charge in [-0.3, -0.25) is 0 Å². The number of ether oxygens (including phenoxy) is 1. The van der Waals surface area contributed by atoms with Crippen molar-refractivity contribution in [1.29, 1.82) is 0 Å². The molecule has 3 N–H and O–H groups in total. The van der Waals surface area contributed by atoms with Gasteiger partial charge in [-0.15, -0.1) is 0 Å². The average Bonchev–Trinajstić information content (AvgIpc) is 2.37. The Bertz CT molecular complexity index is 520. The largest absolute Gasteiger partial charge is 0.377 e. The van der Waals surface area contributed by atoms with Crippen molar-refractivity contribution >= 4 is 10.0 Å². The fraction of sp³-hybridized carbons (Fsp3) is 0.500. The van der Waals surface area contributed by atoms with Crippen molar-refractivity contribution in [2.24, 2.45) is 5.73 Å². The van der Waals surface area contributed by atoms with Crippen molar-refractivity contribution in [3.8, 4) is 0 Å². The Balaban J connectivity index is 2.91. The number of hydrogen-bond acceptors (Lipinski definition) is 4. The first-order valence-electron chi connectivity index (χ1n) is 6.00. The van der Waals surface area contributed by atoms with Gasteiger partial charge in [0.2, 0.25) is 10.0 Å². The van der Waals surface area contributed by atoms with Gasteiger partial charge in [0.1, 0.15) is 5.82 Å². The van der Waals surface area contributed by atoms with Crippen LogP contribution in [0.15, 0.2) is 23.1 Å². The van der Waals surface area contributed by atoms with Crippen LogP contribution in [0.5, 0.6) is 0 Å². The highest BCUT2D eigenvalue weighted by molar-refractivity contribution is 7.89. The van der Waals surface area contributed by atoms with E-state index >= 15 is 0 Å². The molecule has 0 radical (unpaired) electrons. The Morgan fingerprint density at radius 2 is 2.16 bits per heavy atom. The summed E-state index contributed by atoms with van der Waals surface area (Å²) >= 11 is 0. The molecule has 0 amide bonds. The number of rotatable bonds is 7. The van der Waals surface area contributed by atoms with Gasteiger partial charge in [-0.25, -0.2) is 17.5 Å².